The third-order valence-electron chi connectivity index (χ3n) is 7.38. The lowest BCUT2D eigenvalue weighted by Crippen LogP contribution is -2.43. The Morgan fingerprint density at radius 1 is 1.06 bits per heavy atom. The summed E-state index contributed by atoms with van der Waals surface area (Å²) in [5, 5.41) is 4.05. The number of nitrogens with one attached hydrogen (secondary N) is 2. The SMILES string of the molecule is Cc1ccc2nc(N3CCC(C(=O)NCC4CCN(Cc5ccc(Cl)cc5)CC4)CC3)[nH]c2c1. The fourth-order valence-electron chi connectivity index (χ4n) is 5.20. The number of aromatic nitrogens is 2. The Kier molecular flexibility index (Phi) is 7.07. The highest BCUT2D eigenvalue weighted by Gasteiger charge is 2.27. The van der Waals surface area contributed by atoms with Crippen LogP contribution >= 0.6 is 11.6 Å². The summed E-state index contributed by atoms with van der Waals surface area (Å²) in [5.41, 5.74) is 4.61. The van der Waals surface area contributed by atoms with Crippen molar-refractivity contribution in [2.45, 2.75) is 39.2 Å². The summed E-state index contributed by atoms with van der Waals surface area (Å²) in [6.07, 6.45) is 4.03. The Hall–Kier alpha value is -2.57. The smallest absolute Gasteiger partial charge is 0.223 e. The highest BCUT2D eigenvalue weighted by atomic mass is 35.5. The second-order valence-electron chi connectivity index (χ2n) is 9.93. The van der Waals surface area contributed by atoms with Crippen LogP contribution < -0.4 is 10.2 Å². The molecule has 2 aliphatic heterocycles. The summed E-state index contributed by atoms with van der Waals surface area (Å²) in [6, 6.07) is 14.4. The van der Waals surface area contributed by atoms with E-state index < -0.39 is 0 Å². The molecule has 5 rings (SSSR count). The van der Waals surface area contributed by atoms with Crippen LogP contribution in [0.15, 0.2) is 42.5 Å². The second-order valence-corrected chi connectivity index (χ2v) is 10.4. The van der Waals surface area contributed by atoms with Crippen molar-refractivity contribution in [3.05, 3.63) is 58.6 Å². The molecule has 0 aliphatic carbocycles. The number of amides is 1. The van der Waals surface area contributed by atoms with E-state index in [1.807, 2.05) is 12.1 Å². The standard InChI is InChI=1S/C27H34ClN5O/c1-19-2-7-24-25(16-19)31-27(30-24)33-14-10-22(11-15-33)26(34)29-17-20-8-12-32(13-9-20)18-21-3-5-23(28)6-4-21/h2-7,16,20,22H,8-15,17-18H2,1H3,(H,29,34)(H,30,31). The average molecular weight is 480 g/mol. The van der Waals surface area contributed by atoms with Gasteiger partial charge in [0.05, 0.1) is 11.0 Å². The number of carbonyl (C=O) groups is 1. The minimum absolute atomic E-state index is 0.105. The van der Waals surface area contributed by atoms with Gasteiger partial charge in [-0.25, -0.2) is 4.98 Å². The topological polar surface area (TPSA) is 64.3 Å². The molecule has 2 N–H and O–H groups in total. The van der Waals surface area contributed by atoms with Crippen LogP contribution in [-0.4, -0.2) is 53.5 Å². The fraction of sp³-hybridized carbons (Fsp3) is 0.481. The number of likely N-dealkylation sites (tertiary alicyclic amines) is 1. The van der Waals surface area contributed by atoms with Crippen LogP contribution in [0.1, 0.15) is 36.8 Å². The van der Waals surface area contributed by atoms with Gasteiger partial charge in [0.1, 0.15) is 0 Å². The number of carbonyl (C=O) groups excluding carboxylic acids is 1. The van der Waals surface area contributed by atoms with Gasteiger partial charge in [-0.2, -0.15) is 0 Å². The van der Waals surface area contributed by atoms with Crippen LogP contribution in [0.4, 0.5) is 5.95 Å². The molecule has 0 atom stereocenters. The van der Waals surface area contributed by atoms with Crippen molar-refractivity contribution >= 4 is 34.5 Å². The molecule has 0 bridgehead atoms. The van der Waals surface area contributed by atoms with Gasteiger partial charge in [-0.15, -0.1) is 0 Å². The highest BCUT2D eigenvalue weighted by Crippen LogP contribution is 2.25. The summed E-state index contributed by atoms with van der Waals surface area (Å²) in [5.74, 6) is 1.82. The van der Waals surface area contributed by atoms with Crippen LogP contribution in [-0.2, 0) is 11.3 Å². The Bertz CT molecular complexity index is 1110. The summed E-state index contributed by atoms with van der Waals surface area (Å²) in [7, 11) is 0. The molecular weight excluding hydrogens is 446 g/mol. The maximum atomic E-state index is 12.8. The number of piperidine rings is 2. The quantitative estimate of drug-likeness (QED) is 0.534. The number of aryl methyl sites for hydroxylation is 1. The van der Waals surface area contributed by atoms with Gasteiger partial charge in [0.15, 0.2) is 0 Å². The van der Waals surface area contributed by atoms with E-state index in [2.05, 4.69) is 57.4 Å². The predicted molar refractivity (Wildman–Crippen MR) is 138 cm³/mol. The molecule has 0 saturated carbocycles. The molecule has 3 heterocycles. The Morgan fingerprint density at radius 3 is 2.53 bits per heavy atom. The number of fused-ring (bicyclic) bond motifs is 1. The number of imidazole rings is 1. The van der Waals surface area contributed by atoms with E-state index in [9.17, 15) is 4.79 Å². The third kappa shape index (κ3) is 5.56. The normalized spacial score (nSPS) is 18.5. The third-order valence-corrected chi connectivity index (χ3v) is 7.63. The first-order chi connectivity index (χ1) is 16.5. The summed E-state index contributed by atoms with van der Waals surface area (Å²) in [4.78, 5) is 25.8. The first-order valence-electron chi connectivity index (χ1n) is 12.5. The van der Waals surface area contributed by atoms with Gasteiger partial charge < -0.3 is 15.2 Å². The van der Waals surface area contributed by atoms with Gasteiger partial charge in [-0.1, -0.05) is 29.8 Å². The first kappa shape index (κ1) is 23.2. The number of benzene rings is 2. The van der Waals surface area contributed by atoms with Gasteiger partial charge >= 0.3 is 0 Å². The Morgan fingerprint density at radius 2 is 1.79 bits per heavy atom. The molecule has 2 fully saturated rings. The molecule has 7 heteroatoms. The minimum atomic E-state index is 0.105. The number of H-pyrrole nitrogens is 1. The van der Waals surface area contributed by atoms with E-state index in [1.54, 1.807) is 0 Å². The van der Waals surface area contributed by atoms with Gasteiger partial charge in [-0.05, 0) is 87.0 Å². The molecule has 0 radical (unpaired) electrons. The zero-order valence-electron chi connectivity index (χ0n) is 19.9. The Labute approximate surface area is 206 Å². The molecule has 34 heavy (non-hydrogen) atoms. The molecule has 1 amide bonds. The molecule has 180 valence electrons. The van der Waals surface area contributed by atoms with Crippen LogP contribution in [0.2, 0.25) is 5.02 Å². The summed E-state index contributed by atoms with van der Waals surface area (Å²) >= 11 is 5.99. The fourth-order valence-corrected chi connectivity index (χ4v) is 5.33. The van der Waals surface area contributed by atoms with E-state index in [4.69, 9.17) is 16.6 Å². The number of anilines is 1. The number of aromatic amines is 1. The monoisotopic (exact) mass is 479 g/mol. The van der Waals surface area contributed by atoms with E-state index in [-0.39, 0.29) is 11.8 Å². The van der Waals surface area contributed by atoms with Crippen molar-refractivity contribution in [1.82, 2.24) is 20.2 Å². The first-order valence-corrected chi connectivity index (χ1v) is 12.9. The maximum Gasteiger partial charge on any atom is 0.223 e. The van der Waals surface area contributed by atoms with Gasteiger partial charge in [0.25, 0.3) is 0 Å². The van der Waals surface area contributed by atoms with E-state index in [0.717, 1.165) is 87.0 Å². The van der Waals surface area contributed by atoms with Crippen molar-refractivity contribution in [3.63, 3.8) is 0 Å². The van der Waals surface area contributed by atoms with E-state index >= 15 is 0 Å². The van der Waals surface area contributed by atoms with Crippen molar-refractivity contribution in [3.8, 4) is 0 Å². The van der Waals surface area contributed by atoms with Crippen LogP contribution in [0, 0.1) is 18.8 Å². The number of hydrogen-bond donors (Lipinski definition) is 2. The number of rotatable bonds is 6. The van der Waals surface area contributed by atoms with Gasteiger partial charge in [-0.3, -0.25) is 9.69 Å². The summed E-state index contributed by atoms with van der Waals surface area (Å²) < 4.78 is 0. The molecule has 1 aromatic heterocycles. The lowest BCUT2D eigenvalue weighted by molar-refractivity contribution is -0.125. The zero-order chi connectivity index (χ0) is 23.5. The number of halogens is 1. The summed E-state index contributed by atoms with van der Waals surface area (Å²) in [6.45, 7) is 7.75. The van der Waals surface area contributed by atoms with Gasteiger partial charge in [0, 0.05) is 37.1 Å². The van der Waals surface area contributed by atoms with Crippen LogP contribution in [0.3, 0.4) is 0 Å². The minimum Gasteiger partial charge on any atom is -0.356 e. The van der Waals surface area contributed by atoms with Crippen LogP contribution in [0.5, 0.6) is 0 Å². The van der Waals surface area contributed by atoms with Crippen molar-refractivity contribution in [2.75, 3.05) is 37.6 Å². The van der Waals surface area contributed by atoms with Crippen molar-refractivity contribution < 1.29 is 4.79 Å². The number of nitrogens with zero attached hydrogens (tertiary/aromatic N) is 3. The van der Waals surface area contributed by atoms with Crippen molar-refractivity contribution in [2.24, 2.45) is 11.8 Å². The lowest BCUT2D eigenvalue weighted by atomic mass is 9.94. The van der Waals surface area contributed by atoms with Crippen LogP contribution in [0.25, 0.3) is 11.0 Å². The molecule has 2 aromatic carbocycles. The lowest BCUT2D eigenvalue weighted by Gasteiger charge is -2.33. The molecule has 6 nitrogen and oxygen atoms in total. The average Bonchev–Trinajstić information content (AvgIpc) is 3.28. The molecule has 2 saturated heterocycles. The zero-order valence-corrected chi connectivity index (χ0v) is 20.7. The van der Waals surface area contributed by atoms with Gasteiger partial charge in [0.2, 0.25) is 11.9 Å². The number of hydrogen-bond acceptors (Lipinski definition) is 4. The molecular formula is C27H34ClN5O. The predicted octanol–water partition coefficient (Wildman–Crippen LogP) is 4.77. The maximum absolute atomic E-state index is 12.8. The highest BCUT2D eigenvalue weighted by molar-refractivity contribution is 6.30. The second kappa shape index (κ2) is 10.4. The molecule has 2 aliphatic rings. The molecule has 0 spiro atoms. The molecule has 3 aromatic rings. The van der Waals surface area contributed by atoms with Crippen molar-refractivity contribution in [1.29, 1.82) is 0 Å². The Balaban J connectivity index is 1.03. The largest absolute Gasteiger partial charge is 0.356 e. The van der Waals surface area contributed by atoms with E-state index in [0.29, 0.717) is 5.92 Å². The van der Waals surface area contributed by atoms with E-state index in [1.165, 1.54) is 11.1 Å². The molecule has 0 unspecified atom stereocenters.